The van der Waals surface area contributed by atoms with Crippen LogP contribution in [0, 0.1) is 24.0 Å². The molecule has 0 N–H and O–H groups in total. The van der Waals surface area contributed by atoms with Gasteiger partial charge in [-0.05, 0) is 11.8 Å². The lowest BCUT2D eigenvalue weighted by Crippen LogP contribution is -2.06. The molecule has 7 heteroatoms. The summed E-state index contributed by atoms with van der Waals surface area (Å²) in [6, 6.07) is 1.74. The molecule has 0 aliphatic rings. The molecule has 0 bridgehead atoms. The number of nitrogens with zero attached hydrogens (tertiary/aromatic N) is 4. The minimum absolute atomic E-state index is 0.0434. The Hall–Kier alpha value is -2.18. The number of hydrogen-bond acceptors (Lipinski definition) is 5. The van der Waals surface area contributed by atoms with Crippen LogP contribution in [0.1, 0.15) is 17.3 Å². The maximum Gasteiger partial charge on any atom is 0.343 e. The van der Waals surface area contributed by atoms with E-state index < -0.39 is 4.92 Å². The van der Waals surface area contributed by atoms with Gasteiger partial charge in [-0.3, -0.25) is 0 Å². The number of aromatic nitrogens is 3. The van der Waals surface area contributed by atoms with Crippen molar-refractivity contribution in [2.75, 3.05) is 0 Å². The summed E-state index contributed by atoms with van der Waals surface area (Å²) >= 11 is 0. The second-order valence-corrected chi connectivity index (χ2v) is 3.44. The fraction of sp³-hybridized carbons (Fsp3) is 0.333. The van der Waals surface area contributed by atoms with Crippen LogP contribution in [0.15, 0.2) is 16.8 Å². The van der Waals surface area contributed by atoms with Crippen LogP contribution in [0.25, 0.3) is 0 Å². The van der Waals surface area contributed by atoms with Crippen LogP contribution in [0.5, 0.6) is 0 Å². The van der Waals surface area contributed by atoms with Gasteiger partial charge >= 0.3 is 5.82 Å². The molecule has 0 saturated heterocycles. The van der Waals surface area contributed by atoms with Crippen LogP contribution in [-0.4, -0.2) is 19.6 Å². The molecule has 7 nitrogen and oxygen atoms in total. The Bertz CT molecular complexity index is 529. The van der Waals surface area contributed by atoms with E-state index in [4.69, 9.17) is 4.52 Å². The number of hydrogen-bond donors (Lipinski definition) is 0. The lowest BCUT2D eigenvalue weighted by atomic mass is 10.3. The van der Waals surface area contributed by atoms with E-state index in [0.717, 1.165) is 0 Å². The van der Waals surface area contributed by atoms with Gasteiger partial charge in [0.25, 0.3) is 0 Å². The Morgan fingerprint density at radius 3 is 2.88 bits per heavy atom. The summed E-state index contributed by atoms with van der Waals surface area (Å²) in [6.45, 7) is 3.77. The molecule has 0 radical (unpaired) electrons. The van der Waals surface area contributed by atoms with Gasteiger partial charge in [-0.1, -0.05) is 5.16 Å². The lowest BCUT2D eigenvalue weighted by molar-refractivity contribution is -0.392. The van der Waals surface area contributed by atoms with Crippen molar-refractivity contribution in [3.8, 4) is 0 Å². The van der Waals surface area contributed by atoms with Crippen molar-refractivity contribution < 1.29 is 9.45 Å². The van der Waals surface area contributed by atoms with Gasteiger partial charge in [0.1, 0.15) is 24.2 Å². The third-order valence-corrected chi connectivity index (χ3v) is 2.22. The molecule has 16 heavy (non-hydrogen) atoms. The molecule has 2 aromatic heterocycles. The summed E-state index contributed by atoms with van der Waals surface area (Å²) in [5.41, 5.74) is 0.640. The van der Waals surface area contributed by atoms with Gasteiger partial charge in [0.05, 0.1) is 0 Å². The number of rotatable bonds is 3. The molecule has 0 aliphatic carbocycles. The lowest BCUT2D eigenvalue weighted by Gasteiger charge is -1.99. The SMILES string of the molecule is Cc1cc(Cn2c([N+](=O)[O-])cnc2C)no1. The molecular weight excluding hydrogens is 212 g/mol. The van der Waals surface area contributed by atoms with Crippen LogP contribution in [0.3, 0.4) is 0 Å². The molecule has 2 rings (SSSR count). The predicted octanol–water partition coefficient (Wildman–Crippen LogP) is 1.44. The van der Waals surface area contributed by atoms with Crippen LogP contribution >= 0.6 is 0 Å². The van der Waals surface area contributed by atoms with Gasteiger partial charge in [-0.15, -0.1) is 0 Å². The zero-order chi connectivity index (χ0) is 11.7. The minimum Gasteiger partial charge on any atom is -0.361 e. The molecule has 84 valence electrons. The first kappa shape index (κ1) is 10.3. The molecule has 0 aliphatic heterocycles. The topological polar surface area (TPSA) is 87.0 Å². The van der Waals surface area contributed by atoms with Gasteiger partial charge in [0.15, 0.2) is 5.82 Å². The molecule has 0 atom stereocenters. The first-order chi connectivity index (χ1) is 7.58. The van der Waals surface area contributed by atoms with Crippen molar-refractivity contribution in [1.29, 1.82) is 0 Å². The number of nitro groups is 1. The van der Waals surface area contributed by atoms with E-state index in [9.17, 15) is 10.1 Å². The molecule has 0 fully saturated rings. The monoisotopic (exact) mass is 222 g/mol. The highest BCUT2D eigenvalue weighted by atomic mass is 16.6. The van der Waals surface area contributed by atoms with Crippen molar-refractivity contribution in [3.63, 3.8) is 0 Å². The molecule has 0 unspecified atom stereocenters. The maximum atomic E-state index is 10.7. The maximum absolute atomic E-state index is 10.7. The third-order valence-electron chi connectivity index (χ3n) is 2.22. The van der Waals surface area contributed by atoms with Gasteiger partial charge in [-0.25, -0.2) is 9.55 Å². The van der Waals surface area contributed by atoms with E-state index in [1.807, 2.05) is 0 Å². The molecule has 0 saturated carbocycles. The summed E-state index contributed by atoms with van der Waals surface area (Å²) in [6.07, 6.45) is 1.24. The number of aryl methyl sites for hydroxylation is 2. The summed E-state index contributed by atoms with van der Waals surface area (Å²) < 4.78 is 6.38. The Kier molecular flexibility index (Phi) is 2.43. The van der Waals surface area contributed by atoms with Crippen molar-refractivity contribution in [3.05, 3.63) is 39.7 Å². The van der Waals surface area contributed by atoms with E-state index in [1.165, 1.54) is 10.8 Å². The Morgan fingerprint density at radius 1 is 1.56 bits per heavy atom. The van der Waals surface area contributed by atoms with Crippen LogP contribution < -0.4 is 0 Å². The summed E-state index contributed by atoms with van der Waals surface area (Å²) in [4.78, 5) is 14.2. The van der Waals surface area contributed by atoms with Crippen molar-refractivity contribution >= 4 is 5.82 Å². The quantitative estimate of drug-likeness (QED) is 0.579. The van der Waals surface area contributed by atoms with Gasteiger partial charge in [-0.2, -0.15) is 0 Å². The fourth-order valence-corrected chi connectivity index (χ4v) is 1.45. The molecular formula is C9H10N4O3. The Morgan fingerprint density at radius 2 is 2.31 bits per heavy atom. The van der Waals surface area contributed by atoms with Crippen LogP contribution in [0.4, 0.5) is 5.82 Å². The number of imidazole rings is 1. The van der Waals surface area contributed by atoms with E-state index in [-0.39, 0.29) is 5.82 Å². The normalized spacial score (nSPS) is 10.6. The van der Waals surface area contributed by atoms with E-state index in [2.05, 4.69) is 10.1 Å². The fourth-order valence-electron chi connectivity index (χ4n) is 1.45. The molecule has 0 amide bonds. The van der Waals surface area contributed by atoms with Crippen LogP contribution in [0.2, 0.25) is 0 Å². The van der Waals surface area contributed by atoms with Gasteiger partial charge in [0, 0.05) is 13.0 Å². The van der Waals surface area contributed by atoms with Crippen molar-refractivity contribution in [2.24, 2.45) is 0 Å². The largest absolute Gasteiger partial charge is 0.361 e. The first-order valence-corrected chi connectivity index (χ1v) is 4.66. The molecule has 0 aromatic carbocycles. The first-order valence-electron chi connectivity index (χ1n) is 4.66. The average molecular weight is 222 g/mol. The highest BCUT2D eigenvalue weighted by Crippen LogP contribution is 2.15. The smallest absolute Gasteiger partial charge is 0.343 e. The standard InChI is InChI=1S/C9H10N4O3/c1-6-3-8(11-16-6)5-12-7(2)10-4-9(12)13(14)15/h3-4H,5H2,1-2H3. The van der Waals surface area contributed by atoms with E-state index in [1.54, 1.807) is 19.9 Å². The van der Waals surface area contributed by atoms with E-state index in [0.29, 0.717) is 23.8 Å². The van der Waals surface area contributed by atoms with Crippen molar-refractivity contribution in [1.82, 2.24) is 14.7 Å². The zero-order valence-electron chi connectivity index (χ0n) is 8.88. The highest BCUT2D eigenvalue weighted by Gasteiger charge is 2.18. The van der Waals surface area contributed by atoms with Crippen molar-refractivity contribution in [2.45, 2.75) is 20.4 Å². The summed E-state index contributed by atoms with van der Waals surface area (Å²) in [7, 11) is 0. The Balaban J connectivity index is 2.33. The predicted molar refractivity (Wildman–Crippen MR) is 54.0 cm³/mol. The summed E-state index contributed by atoms with van der Waals surface area (Å²) in [5, 5.41) is 14.5. The van der Waals surface area contributed by atoms with Gasteiger partial charge < -0.3 is 14.6 Å². The molecule has 0 spiro atoms. The third kappa shape index (κ3) is 1.79. The second kappa shape index (κ2) is 3.76. The minimum atomic E-state index is -0.465. The zero-order valence-corrected chi connectivity index (χ0v) is 8.88. The average Bonchev–Trinajstić information content (AvgIpc) is 2.76. The van der Waals surface area contributed by atoms with Crippen LogP contribution in [-0.2, 0) is 6.54 Å². The molecule has 2 aromatic rings. The van der Waals surface area contributed by atoms with E-state index >= 15 is 0 Å². The van der Waals surface area contributed by atoms with Gasteiger partial charge in [0.2, 0.25) is 0 Å². The Labute approximate surface area is 90.8 Å². The second-order valence-electron chi connectivity index (χ2n) is 3.44. The molecule has 2 heterocycles. The highest BCUT2D eigenvalue weighted by molar-refractivity contribution is 5.21. The summed E-state index contributed by atoms with van der Waals surface area (Å²) in [5.74, 6) is 1.21.